The van der Waals surface area contributed by atoms with Crippen LogP contribution in [0.2, 0.25) is 0 Å². The number of aryl methyl sites for hydroxylation is 2. The number of imidazole rings is 1. The van der Waals surface area contributed by atoms with Gasteiger partial charge < -0.3 is 0 Å². The van der Waals surface area contributed by atoms with E-state index in [1.54, 1.807) is 0 Å². The fraction of sp³-hybridized carbons (Fsp3) is 0.483. The normalized spacial score (nSPS) is 12.1. The quantitative estimate of drug-likeness (QED) is 0.287. The number of hydrogen-bond acceptors (Lipinski definition) is 0. The maximum atomic E-state index is 3.67. The molecule has 0 aliphatic carbocycles. The van der Waals surface area contributed by atoms with Gasteiger partial charge in [-0.1, -0.05) is 0 Å². The molecule has 1 aromatic heterocycles. The number of hydrogen-bond donors (Lipinski definition) is 0. The van der Waals surface area contributed by atoms with Crippen LogP contribution in [0, 0.1) is 17.7 Å². The van der Waals surface area contributed by atoms with Gasteiger partial charge in [0.05, 0.1) is 0 Å². The predicted octanol–water partition coefficient (Wildman–Crippen LogP) is 8.46. The van der Waals surface area contributed by atoms with Crippen molar-refractivity contribution in [1.82, 2.24) is 9.13 Å². The molecule has 3 rings (SSSR count). The van der Waals surface area contributed by atoms with Crippen LogP contribution >= 0.6 is 0 Å². The first kappa shape index (κ1) is 24.9. The van der Waals surface area contributed by atoms with Gasteiger partial charge in [-0.15, -0.1) is 0 Å². The molecule has 2 aromatic carbocycles. The minimum atomic E-state index is 0.450. The SMILES string of the molecule is Cc1cc(C(C)C)c(-n2ccn(-c3c(C(C)C)cc(C)cc3C(C)C)[c]2=[Pd])c(C(C)C)c1. The zero-order valence-electron chi connectivity index (χ0n) is 21.5. The molecule has 0 unspecified atom stereocenters. The van der Waals surface area contributed by atoms with E-state index in [9.17, 15) is 0 Å². The van der Waals surface area contributed by atoms with Gasteiger partial charge in [-0.25, -0.2) is 0 Å². The van der Waals surface area contributed by atoms with Gasteiger partial charge in [0.2, 0.25) is 0 Å². The second kappa shape index (κ2) is 9.66. The van der Waals surface area contributed by atoms with Crippen LogP contribution in [0.3, 0.4) is 0 Å². The van der Waals surface area contributed by atoms with Crippen molar-refractivity contribution in [3.05, 3.63) is 73.9 Å². The van der Waals surface area contributed by atoms with Crippen molar-refractivity contribution in [3.8, 4) is 11.4 Å². The van der Waals surface area contributed by atoms with E-state index in [2.05, 4.69) is 134 Å². The second-order valence-electron chi connectivity index (χ2n) is 10.5. The van der Waals surface area contributed by atoms with Crippen molar-refractivity contribution in [3.63, 3.8) is 0 Å². The average molecular weight is 523 g/mol. The van der Waals surface area contributed by atoms with E-state index < -0.39 is 0 Å². The van der Waals surface area contributed by atoms with Crippen molar-refractivity contribution in [2.24, 2.45) is 0 Å². The number of rotatable bonds is 6. The molecule has 3 aromatic rings. The third kappa shape index (κ3) is 4.66. The van der Waals surface area contributed by atoms with E-state index in [-0.39, 0.29) is 0 Å². The molecule has 0 aliphatic heterocycles. The minimum absolute atomic E-state index is 0.450. The molecule has 2 nitrogen and oxygen atoms in total. The molecule has 0 aliphatic rings. The Kier molecular flexibility index (Phi) is 7.53. The predicted molar refractivity (Wildman–Crippen MR) is 134 cm³/mol. The Morgan fingerprint density at radius 1 is 0.531 bits per heavy atom. The first-order chi connectivity index (χ1) is 14.9. The molecule has 0 bridgehead atoms. The number of nitrogens with zero attached hydrogens (tertiary/aromatic N) is 2. The molecule has 3 heteroatoms. The summed E-state index contributed by atoms with van der Waals surface area (Å²) < 4.78 is 5.83. The van der Waals surface area contributed by atoms with Gasteiger partial charge in [-0.3, -0.25) is 0 Å². The van der Waals surface area contributed by atoms with Gasteiger partial charge in [0.15, 0.2) is 0 Å². The van der Waals surface area contributed by atoms with Crippen LogP contribution in [0.4, 0.5) is 0 Å². The van der Waals surface area contributed by atoms with Crippen molar-refractivity contribution in [1.29, 1.82) is 0 Å². The Hall–Kier alpha value is -1.69. The molecule has 176 valence electrons. The van der Waals surface area contributed by atoms with Crippen LogP contribution in [0.1, 0.15) is 112 Å². The van der Waals surface area contributed by atoms with E-state index in [0.717, 1.165) is 3.89 Å². The summed E-state index contributed by atoms with van der Waals surface area (Å²) in [4.78, 5) is 0. The van der Waals surface area contributed by atoms with Gasteiger partial charge in [0.25, 0.3) is 0 Å². The first-order valence-corrected chi connectivity index (χ1v) is 12.8. The first-order valence-electron chi connectivity index (χ1n) is 12.0. The van der Waals surface area contributed by atoms with Crippen LogP contribution in [0.5, 0.6) is 0 Å². The molecule has 0 N–H and O–H groups in total. The molecule has 0 amide bonds. The summed E-state index contributed by atoms with van der Waals surface area (Å²) in [5.74, 6) is 1.80. The van der Waals surface area contributed by atoms with Crippen LogP contribution in [0.15, 0.2) is 36.7 Å². The summed E-state index contributed by atoms with van der Waals surface area (Å²) in [5, 5.41) is 0. The van der Waals surface area contributed by atoms with E-state index in [1.165, 1.54) is 44.8 Å². The van der Waals surface area contributed by atoms with Gasteiger partial charge >= 0.3 is 206 Å². The van der Waals surface area contributed by atoms with Crippen molar-refractivity contribution in [2.75, 3.05) is 0 Å². The summed E-state index contributed by atoms with van der Waals surface area (Å²) in [7, 11) is 0. The van der Waals surface area contributed by atoms with Crippen LogP contribution < -0.4 is 0 Å². The fourth-order valence-electron chi connectivity index (χ4n) is 4.67. The third-order valence-electron chi connectivity index (χ3n) is 6.33. The van der Waals surface area contributed by atoms with Gasteiger partial charge in [0, 0.05) is 0 Å². The van der Waals surface area contributed by atoms with Crippen LogP contribution in [0.25, 0.3) is 11.4 Å². The van der Waals surface area contributed by atoms with Gasteiger partial charge in [0.1, 0.15) is 0 Å². The van der Waals surface area contributed by atoms with Gasteiger partial charge in [-0.05, 0) is 0 Å². The molecular formula is C29H40N2Pd. The molecule has 32 heavy (non-hydrogen) atoms. The molecule has 0 spiro atoms. The topological polar surface area (TPSA) is 9.86 Å². The second-order valence-corrected chi connectivity index (χ2v) is 11.2. The average Bonchev–Trinajstić information content (AvgIpc) is 3.07. The van der Waals surface area contributed by atoms with Crippen molar-refractivity contribution < 1.29 is 18.7 Å². The zero-order chi connectivity index (χ0) is 23.9. The summed E-state index contributed by atoms with van der Waals surface area (Å²) in [6, 6.07) is 9.44. The zero-order valence-corrected chi connectivity index (χ0v) is 23.0. The van der Waals surface area contributed by atoms with Crippen molar-refractivity contribution >= 4 is 0 Å². The third-order valence-corrected chi connectivity index (χ3v) is 7.08. The van der Waals surface area contributed by atoms with Gasteiger partial charge in [-0.2, -0.15) is 0 Å². The Morgan fingerprint density at radius 3 is 1.00 bits per heavy atom. The van der Waals surface area contributed by atoms with Crippen molar-refractivity contribution in [2.45, 2.75) is 92.9 Å². The molecule has 0 atom stereocenters. The Balaban J connectivity index is 2.38. The summed E-state index contributed by atoms with van der Waals surface area (Å²) in [6.45, 7) is 22.8. The Labute approximate surface area is 205 Å². The maximum absolute atomic E-state index is 3.67. The fourth-order valence-corrected chi connectivity index (χ4v) is 5.25. The standard InChI is InChI=1S/C29H40N2.Pd/c1-18(2)24-13-22(9)14-25(19(3)4)28(24)30-11-12-31(17-30)29-26(20(5)6)15-23(10)16-27(29)21(7)8;/h11-16,18-21H,1-10H3;. The number of aromatic nitrogens is 2. The van der Waals surface area contributed by atoms with E-state index in [0.29, 0.717) is 23.7 Å². The summed E-state index contributed by atoms with van der Waals surface area (Å²) in [5.41, 5.74) is 10.9. The monoisotopic (exact) mass is 522 g/mol. The van der Waals surface area contributed by atoms with Crippen LogP contribution in [-0.4, -0.2) is 9.13 Å². The molecule has 0 saturated carbocycles. The Bertz CT molecular complexity index is 1020. The molecule has 0 radical (unpaired) electrons. The molecular weight excluding hydrogens is 483 g/mol. The molecule has 0 fully saturated rings. The van der Waals surface area contributed by atoms with Crippen LogP contribution in [-0.2, 0) is 18.7 Å². The van der Waals surface area contributed by atoms with E-state index >= 15 is 0 Å². The Morgan fingerprint density at radius 2 is 0.781 bits per heavy atom. The van der Waals surface area contributed by atoms with E-state index in [1.807, 2.05) is 0 Å². The molecule has 0 saturated heterocycles. The molecule has 1 heterocycles. The number of benzene rings is 2. The summed E-state index contributed by atoms with van der Waals surface area (Å²) >= 11 is 3.67. The van der Waals surface area contributed by atoms with E-state index in [4.69, 9.17) is 0 Å². The summed E-state index contributed by atoms with van der Waals surface area (Å²) in [6.07, 6.45) is 4.46.